The van der Waals surface area contributed by atoms with Gasteiger partial charge in [-0.15, -0.1) is 0 Å². The van der Waals surface area contributed by atoms with Crippen molar-refractivity contribution in [2.45, 2.75) is 19.9 Å². The second kappa shape index (κ2) is 6.72. The van der Waals surface area contributed by atoms with E-state index in [2.05, 4.69) is 26.6 Å². The minimum atomic E-state index is -0.254. The van der Waals surface area contributed by atoms with Gasteiger partial charge in [-0.2, -0.15) is 0 Å². The zero-order valence-corrected chi connectivity index (χ0v) is 13.4. The minimum Gasteiger partial charge on any atom is -0.378 e. The summed E-state index contributed by atoms with van der Waals surface area (Å²) >= 11 is 3.35. The Morgan fingerprint density at radius 3 is 2.62 bits per heavy atom. The van der Waals surface area contributed by atoms with Crippen molar-refractivity contribution in [1.82, 2.24) is 0 Å². The van der Waals surface area contributed by atoms with Gasteiger partial charge in [0.15, 0.2) is 0 Å². The molecule has 1 atom stereocenters. The van der Waals surface area contributed by atoms with Crippen molar-refractivity contribution < 1.29 is 9.18 Å². The molecular weight excluding hydrogens is 335 g/mol. The SMILES string of the molecule is CC(=O)Nc1cccc(NC(C)c2cc(Br)ccc2F)c1. The van der Waals surface area contributed by atoms with Crippen LogP contribution in [0.2, 0.25) is 0 Å². The molecule has 5 heteroatoms. The van der Waals surface area contributed by atoms with Crippen LogP contribution in [-0.2, 0) is 4.79 Å². The van der Waals surface area contributed by atoms with Crippen LogP contribution in [0.4, 0.5) is 15.8 Å². The van der Waals surface area contributed by atoms with Crippen LogP contribution in [0.15, 0.2) is 46.9 Å². The summed E-state index contributed by atoms with van der Waals surface area (Å²) in [5.41, 5.74) is 2.09. The summed E-state index contributed by atoms with van der Waals surface area (Å²) < 4.78 is 14.7. The van der Waals surface area contributed by atoms with Crippen molar-refractivity contribution in [2.24, 2.45) is 0 Å². The second-order valence-electron chi connectivity index (χ2n) is 4.79. The van der Waals surface area contributed by atoms with Crippen LogP contribution in [0.5, 0.6) is 0 Å². The number of carbonyl (C=O) groups is 1. The average molecular weight is 351 g/mol. The van der Waals surface area contributed by atoms with Crippen LogP contribution in [0.25, 0.3) is 0 Å². The molecule has 0 radical (unpaired) electrons. The molecule has 0 aliphatic rings. The molecule has 1 amide bonds. The molecule has 0 fully saturated rings. The van der Waals surface area contributed by atoms with Gasteiger partial charge in [0.1, 0.15) is 5.82 Å². The molecule has 2 rings (SSSR count). The summed E-state index contributed by atoms with van der Waals surface area (Å²) in [7, 11) is 0. The van der Waals surface area contributed by atoms with Gasteiger partial charge < -0.3 is 10.6 Å². The van der Waals surface area contributed by atoms with Crippen LogP contribution in [-0.4, -0.2) is 5.91 Å². The highest BCUT2D eigenvalue weighted by Gasteiger charge is 2.11. The fourth-order valence-corrected chi connectivity index (χ4v) is 2.44. The van der Waals surface area contributed by atoms with Crippen LogP contribution < -0.4 is 10.6 Å². The lowest BCUT2D eigenvalue weighted by atomic mass is 10.1. The van der Waals surface area contributed by atoms with Gasteiger partial charge >= 0.3 is 0 Å². The molecule has 0 heterocycles. The lowest BCUT2D eigenvalue weighted by molar-refractivity contribution is -0.114. The number of hydrogen-bond acceptors (Lipinski definition) is 2. The number of benzene rings is 2. The molecule has 0 saturated carbocycles. The molecular formula is C16H16BrFN2O. The monoisotopic (exact) mass is 350 g/mol. The Kier molecular flexibility index (Phi) is 4.96. The Hall–Kier alpha value is -1.88. The molecule has 110 valence electrons. The Bertz CT molecular complexity index is 660. The lowest BCUT2D eigenvalue weighted by Gasteiger charge is -2.17. The Morgan fingerprint density at radius 2 is 1.90 bits per heavy atom. The van der Waals surface area contributed by atoms with E-state index in [4.69, 9.17) is 0 Å². The zero-order chi connectivity index (χ0) is 15.4. The Labute approximate surface area is 131 Å². The molecule has 0 bridgehead atoms. The quantitative estimate of drug-likeness (QED) is 0.837. The van der Waals surface area contributed by atoms with Gasteiger partial charge in [0, 0.05) is 28.3 Å². The average Bonchev–Trinajstić information content (AvgIpc) is 2.41. The van der Waals surface area contributed by atoms with Crippen molar-refractivity contribution in [3.8, 4) is 0 Å². The normalized spacial score (nSPS) is 11.8. The number of anilines is 2. The number of nitrogens with one attached hydrogen (secondary N) is 2. The molecule has 3 nitrogen and oxygen atoms in total. The fraction of sp³-hybridized carbons (Fsp3) is 0.188. The van der Waals surface area contributed by atoms with Gasteiger partial charge in [0.2, 0.25) is 5.91 Å². The van der Waals surface area contributed by atoms with E-state index in [-0.39, 0.29) is 17.8 Å². The van der Waals surface area contributed by atoms with E-state index in [9.17, 15) is 9.18 Å². The van der Waals surface area contributed by atoms with Crippen LogP contribution in [0, 0.1) is 5.82 Å². The maximum Gasteiger partial charge on any atom is 0.221 e. The van der Waals surface area contributed by atoms with Gasteiger partial charge in [0.05, 0.1) is 6.04 Å². The number of rotatable bonds is 4. The van der Waals surface area contributed by atoms with E-state index in [0.29, 0.717) is 11.3 Å². The van der Waals surface area contributed by atoms with E-state index in [1.807, 2.05) is 25.1 Å². The standard InChI is InChI=1S/C16H16BrFN2O/c1-10(15-8-12(17)6-7-16(15)18)19-13-4-3-5-14(9-13)20-11(2)21/h3-10,19H,1-2H3,(H,20,21). The Balaban J connectivity index is 2.17. The first kappa shape index (κ1) is 15.5. The molecule has 21 heavy (non-hydrogen) atoms. The zero-order valence-electron chi connectivity index (χ0n) is 11.8. The molecule has 0 aromatic heterocycles. The van der Waals surface area contributed by atoms with Crippen LogP contribution >= 0.6 is 15.9 Å². The van der Waals surface area contributed by atoms with Crippen molar-refractivity contribution in [3.63, 3.8) is 0 Å². The summed E-state index contributed by atoms with van der Waals surface area (Å²) in [6.45, 7) is 3.34. The van der Waals surface area contributed by atoms with E-state index in [1.165, 1.54) is 13.0 Å². The third-order valence-corrected chi connectivity index (χ3v) is 3.48. The number of amides is 1. The maximum absolute atomic E-state index is 13.9. The first-order valence-corrected chi connectivity index (χ1v) is 7.34. The first-order chi connectivity index (χ1) is 9.95. The number of hydrogen-bond donors (Lipinski definition) is 2. The summed E-state index contributed by atoms with van der Waals surface area (Å²) in [4.78, 5) is 11.1. The summed E-state index contributed by atoms with van der Waals surface area (Å²) in [5, 5.41) is 5.95. The Morgan fingerprint density at radius 1 is 1.19 bits per heavy atom. The van der Waals surface area contributed by atoms with Gasteiger partial charge in [0.25, 0.3) is 0 Å². The van der Waals surface area contributed by atoms with E-state index < -0.39 is 0 Å². The third kappa shape index (κ3) is 4.29. The van der Waals surface area contributed by atoms with Gasteiger partial charge in [-0.05, 0) is 43.3 Å². The van der Waals surface area contributed by atoms with Gasteiger partial charge in [-0.25, -0.2) is 4.39 Å². The summed E-state index contributed by atoms with van der Waals surface area (Å²) in [6, 6.07) is 12.0. The minimum absolute atomic E-state index is 0.127. The van der Waals surface area contributed by atoms with Crippen molar-refractivity contribution in [1.29, 1.82) is 0 Å². The molecule has 0 aliphatic heterocycles. The second-order valence-corrected chi connectivity index (χ2v) is 5.71. The predicted octanol–water partition coefficient (Wildman–Crippen LogP) is 4.72. The van der Waals surface area contributed by atoms with E-state index in [0.717, 1.165) is 10.2 Å². The molecule has 1 unspecified atom stereocenters. The predicted molar refractivity (Wildman–Crippen MR) is 86.9 cm³/mol. The molecule has 2 aromatic rings. The first-order valence-electron chi connectivity index (χ1n) is 6.55. The highest BCUT2D eigenvalue weighted by Crippen LogP contribution is 2.25. The van der Waals surface area contributed by atoms with Crippen molar-refractivity contribution in [3.05, 3.63) is 58.3 Å². The summed E-state index contributed by atoms with van der Waals surface area (Å²) in [5.74, 6) is -0.380. The third-order valence-electron chi connectivity index (χ3n) is 2.99. The van der Waals surface area contributed by atoms with Gasteiger partial charge in [-0.3, -0.25) is 4.79 Å². The van der Waals surface area contributed by atoms with Crippen LogP contribution in [0.1, 0.15) is 25.5 Å². The molecule has 2 N–H and O–H groups in total. The highest BCUT2D eigenvalue weighted by atomic mass is 79.9. The number of carbonyl (C=O) groups excluding carboxylic acids is 1. The highest BCUT2D eigenvalue weighted by molar-refractivity contribution is 9.10. The van der Waals surface area contributed by atoms with Crippen molar-refractivity contribution in [2.75, 3.05) is 10.6 Å². The van der Waals surface area contributed by atoms with Gasteiger partial charge in [-0.1, -0.05) is 22.0 Å². The van der Waals surface area contributed by atoms with Crippen LogP contribution in [0.3, 0.4) is 0 Å². The topological polar surface area (TPSA) is 41.1 Å². The van der Waals surface area contributed by atoms with E-state index in [1.54, 1.807) is 18.2 Å². The molecule has 0 aliphatic carbocycles. The maximum atomic E-state index is 13.9. The fourth-order valence-electron chi connectivity index (χ4n) is 2.06. The molecule has 0 saturated heterocycles. The van der Waals surface area contributed by atoms with E-state index >= 15 is 0 Å². The smallest absolute Gasteiger partial charge is 0.221 e. The largest absolute Gasteiger partial charge is 0.378 e. The molecule has 0 spiro atoms. The summed E-state index contributed by atoms with van der Waals surface area (Å²) in [6.07, 6.45) is 0. The number of halogens is 2. The van der Waals surface area contributed by atoms with Crippen molar-refractivity contribution >= 4 is 33.2 Å². The molecule has 2 aromatic carbocycles. The lowest BCUT2D eigenvalue weighted by Crippen LogP contribution is -2.10.